The fourth-order valence-electron chi connectivity index (χ4n) is 2.53. The molecule has 21 heavy (non-hydrogen) atoms. The van der Waals surface area contributed by atoms with E-state index in [1.807, 2.05) is 24.5 Å². The summed E-state index contributed by atoms with van der Waals surface area (Å²) >= 11 is 0. The minimum Gasteiger partial charge on any atom is -0.490 e. The zero-order valence-electron chi connectivity index (χ0n) is 12.3. The zero-order valence-corrected chi connectivity index (χ0v) is 12.3. The second kappa shape index (κ2) is 6.59. The summed E-state index contributed by atoms with van der Waals surface area (Å²) < 4.78 is 5.60. The van der Waals surface area contributed by atoms with Crippen molar-refractivity contribution in [3.63, 3.8) is 0 Å². The van der Waals surface area contributed by atoms with Crippen LogP contribution in [0.1, 0.15) is 18.1 Å². The summed E-state index contributed by atoms with van der Waals surface area (Å²) in [4.78, 5) is 4.03. The van der Waals surface area contributed by atoms with E-state index in [1.165, 1.54) is 11.1 Å². The summed E-state index contributed by atoms with van der Waals surface area (Å²) in [7, 11) is 0. The Balaban J connectivity index is 1.56. The molecule has 0 amide bonds. The number of fused-ring (bicyclic) bond motifs is 1. The summed E-state index contributed by atoms with van der Waals surface area (Å²) in [6.07, 6.45) is 4.66. The van der Waals surface area contributed by atoms with Crippen LogP contribution < -0.4 is 15.4 Å². The quantitative estimate of drug-likeness (QED) is 0.885. The third kappa shape index (κ3) is 3.73. The van der Waals surface area contributed by atoms with Gasteiger partial charge in [-0.05, 0) is 48.7 Å². The monoisotopic (exact) mass is 283 g/mol. The molecule has 4 heteroatoms. The number of nitrogens with zero attached hydrogens (tertiary/aromatic N) is 1. The summed E-state index contributed by atoms with van der Waals surface area (Å²) in [5, 5.41) is 6.93. The van der Waals surface area contributed by atoms with E-state index < -0.39 is 0 Å². The second-order valence-electron chi connectivity index (χ2n) is 5.45. The molecule has 0 saturated carbocycles. The van der Waals surface area contributed by atoms with Crippen molar-refractivity contribution >= 4 is 5.69 Å². The van der Waals surface area contributed by atoms with Gasteiger partial charge < -0.3 is 15.4 Å². The Bertz CT molecular complexity index is 586. The molecule has 0 spiro atoms. The first-order chi connectivity index (χ1) is 10.3. The average Bonchev–Trinajstić information content (AvgIpc) is 2.54. The SMILES string of the molecule is CC(Cc1ccc2c(c1)NCCO2)NCc1ccncc1. The van der Waals surface area contributed by atoms with E-state index in [2.05, 4.69) is 40.7 Å². The first-order valence-corrected chi connectivity index (χ1v) is 7.43. The van der Waals surface area contributed by atoms with Gasteiger partial charge in [0.1, 0.15) is 12.4 Å². The number of anilines is 1. The van der Waals surface area contributed by atoms with E-state index in [9.17, 15) is 0 Å². The van der Waals surface area contributed by atoms with Crippen molar-refractivity contribution in [1.29, 1.82) is 0 Å². The molecular weight excluding hydrogens is 262 g/mol. The number of nitrogens with one attached hydrogen (secondary N) is 2. The van der Waals surface area contributed by atoms with Crippen LogP contribution in [-0.4, -0.2) is 24.2 Å². The molecule has 0 bridgehead atoms. The molecule has 0 saturated heterocycles. The predicted octanol–water partition coefficient (Wildman–Crippen LogP) is 2.61. The Morgan fingerprint density at radius 2 is 2.10 bits per heavy atom. The highest BCUT2D eigenvalue weighted by molar-refractivity contribution is 5.59. The van der Waals surface area contributed by atoms with Crippen LogP contribution in [0.25, 0.3) is 0 Å². The van der Waals surface area contributed by atoms with Gasteiger partial charge in [-0.1, -0.05) is 6.07 Å². The van der Waals surface area contributed by atoms with Crippen LogP contribution in [0.4, 0.5) is 5.69 Å². The van der Waals surface area contributed by atoms with Crippen molar-refractivity contribution in [2.45, 2.75) is 25.9 Å². The first-order valence-electron chi connectivity index (χ1n) is 7.43. The minimum absolute atomic E-state index is 0.417. The molecule has 2 N–H and O–H groups in total. The van der Waals surface area contributed by atoms with Crippen molar-refractivity contribution in [3.8, 4) is 5.75 Å². The molecular formula is C17H21N3O. The van der Waals surface area contributed by atoms with E-state index in [0.717, 1.165) is 37.6 Å². The molecule has 1 aromatic heterocycles. The molecule has 110 valence electrons. The summed E-state index contributed by atoms with van der Waals surface area (Å²) in [5.41, 5.74) is 3.69. The standard InChI is InChI=1S/C17H21N3O/c1-13(20-12-14-4-6-18-7-5-14)10-15-2-3-17-16(11-15)19-8-9-21-17/h2-7,11,13,19-20H,8-10,12H2,1H3. The second-order valence-corrected chi connectivity index (χ2v) is 5.45. The normalized spacial score (nSPS) is 14.7. The van der Waals surface area contributed by atoms with E-state index in [0.29, 0.717) is 6.04 Å². The predicted molar refractivity (Wildman–Crippen MR) is 84.7 cm³/mol. The summed E-state index contributed by atoms with van der Waals surface area (Å²) in [5.74, 6) is 0.961. The van der Waals surface area contributed by atoms with Gasteiger partial charge in [0.15, 0.2) is 0 Å². The van der Waals surface area contributed by atoms with Gasteiger partial charge in [0.25, 0.3) is 0 Å². The third-order valence-electron chi connectivity index (χ3n) is 3.66. The molecule has 0 aliphatic carbocycles. The number of rotatable bonds is 5. The van der Waals surface area contributed by atoms with Crippen LogP contribution in [0.5, 0.6) is 5.75 Å². The number of ether oxygens (including phenoxy) is 1. The molecule has 1 aliphatic rings. The van der Waals surface area contributed by atoms with Crippen LogP contribution >= 0.6 is 0 Å². The van der Waals surface area contributed by atoms with Gasteiger partial charge in [0.2, 0.25) is 0 Å². The molecule has 1 unspecified atom stereocenters. The minimum atomic E-state index is 0.417. The lowest BCUT2D eigenvalue weighted by molar-refractivity contribution is 0.323. The Kier molecular flexibility index (Phi) is 4.36. The maximum Gasteiger partial charge on any atom is 0.142 e. The smallest absolute Gasteiger partial charge is 0.142 e. The van der Waals surface area contributed by atoms with E-state index >= 15 is 0 Å². The zero-order chi connectivity index (χ0) is 14.5. The molecule has 0 fully saturated rings. The van der Waals surface area contributed by atoms with Crippen LogP contribution in [0.15, 0.2) is 42.7 Å². The molecule has 0 radical (unpaired) electrons. The van der Waals surface area contributed by atoms with Crippen molar-refractivity contribution in [2.75, 3.05) is 18.5 Å². The van der Waals surface area contributed by atoms with Gasteiger partial charge in [-0.15, -0.1) is 0 Å². The maximum absolute atomic E-state index is 5.60. The van der Waals surface area contributed by atoms with Crippen LogP contribution in [0.3, 0.4) is 0 Å². The van der Waals surface area contributed by atoms with Gasteiger partial charge in [-0.3, -0.25) is 4.98 Å². The molecule has 1 aromatic carbocycles. The van der Waals surface area contributed by atoms with Gasteiger partial charge in [-0.2, -0.15) is 0 Å². The van der Waals surface area contributed by atoms with E-state index in [-0.39, 0.29) is 0 Å². The lowest BCUT2D eigenvalue weighted by Crippen LogP contribution is -2.27. The Morgan fingerprint density at radius 3 is 2.95 bits per heavy atom. The summed E-state index contributed by atoms with van der Waals surface area (Å²) in [6.45, 7) is 4.71. The number of benzene rings is 1. The van der Waals surface area contributed by atoms with Crippen molar-refractivity contribution in [1.82, 2.24) is 10.3 Å². The third-order valence-corrected chi connectivity index (χ3v) is 3.66. The topological polar surface area (TPSA) is 46.2 Å². The van der Waals surface area contributed by atoms with Crippen molar-refractivity contribution in [3.05, 3.63) is 53.9 Å². The highest BCUT2D eigenvalue weighted by Gasteiger charge is 2.11. The van der Waals surface area contributed by atoms with Gasteiger partial charge >= 0.3 is 0 Å². The molecule has 1 atom stereocenters. The highest BCUT2D eigenvalue weighted by Crippen LogP contribution is 2.28. The first kappa shape index (κ1) is 13.9. The van der Waals surface area contributed by atoms with E-state index in [1.54, 1.807) is 0 Å². The van der Waals surface area contributed by atoms with Crippen molar-refractivity contribution in [2.24, 2.45) is 0 Å². The number of hydrogen-bond acceptors (Lipinski definition) is 4. The Labute approximate surface area is 125 Å². The fourth-order valence-corrected chi connectivity index (χ4v) is 2.53. The highest BCUT2D eigenvalue weighted by atomic mass is 16.5. The van der Waals surface area contributed by atoms with Gasteiger partial charge in [0.05, 0.1) is 5.69 Å². The molecule has 1 aliphatic heterocycles. The van der Waals surface area contributed by atoms with Crippen LogP contribution in [-0.2, 0) is 13.0 Å². The number of pyridine rings is 1. The lowest BCUT2D eigenvalue weighted by atomic mass is 10.1. The Morgan fingerprint density at radius 1 is 1.24 bits per heavy atom. The molecule has 3 rings (SSSR count). The largest absolute Gasteiger partial charge is 0.490 e. The maximum atomic E-state index is 5.60. The number of aromatic nitrogens is 1. The lowest BCUT2D eigenvalue weighted by Gasteiger charge is -2.20. The molecule has 2 heterocycles. The van der Waals surface area contributed by atoms with E-state index in [4.69, 9.17) is 4.74 Å². The Hall–Kier alpha value is -2.07. The fraction of sp³-hybridized carbons (Fsp3) is 0.353. The summed E-state index contributed by atoms with van der Waals surface area (Å²) in [6, 6.07) is 10.9. The van der Waals surface area contributed by atoms with Crippen molar-refractivity contribution < 1.29 is 4.74 Å². The van der Waals surface area contributed by atoms with Gasteiger partial charge in [-0.25, -0.2) is 0 Å². The molecule has 2 aromatic rings. The molecule has 4 nitrogen and oxygen atoms in total. The number of hydrogen-bond donors (Lipinski definition) is 2. The van der Waals surface area contributed by atoms with Crippen LogP contribution in [0, 0.1) is 0 Å². The average molecular weight is 283 g/mol. The van der Waals surface area contributed by atoms with Crippen LogP contribution in [0.2, 0.25) is 0 Å². The van der Waals surface area contributed by atoms with Gasteiger partial charge in [0, 0.05) is 31.5 Å².